The van der Waals surface area contributed by atoms with E-state index in [0.717, 1.165) is 57.8 Å². The molecule has 0 heterocycles. The summed E-state index contributed by atoms with van der Waals surface area (Å²) >= 11 is -0.558. The quantitative estimate of drug-likeness (QED) is 0.00893. The molecule has 7 atom stereocenters. The molecule has 0 radical (unpaired) electrons. The van der Waals surface area contributed by atoms with Crippen molar-refractivity contribution in [2.45, 2.75) is 216 Å². The average molecular weight is 1520 g/mol. The number of carbonyl (C=O) groups is 14. The van der Waals surface area contributed by atoms with Gasteiger partial charge in [-0.25, -0.2) is 19.2 Å². The molecule has 562 valence electrons. The van der Waals surface area contributed by atoms with Crippen molar-refractivity contribution in [3.05, 3.63) is 0 Å². The maximum absolute atomic E-state index is 12.8. The van der Waals surface area contributed by atoms with Gasteiger partial charge in [0, 0.05) is 45.2 Å². The number of nitrogens with one attached hydrogen (secondary N) is 9. The number of hydrogen-bond acceptors (Lipinski definition) is 21. The maximum atomic E-state index is 12.8. The number of aliphatic hydroxyl groups excluding tert-OH is 1. The molecule has 0 fully saturated rings. The van der Waals surface area contributed by atoms with E-state index in [2.05, 4.69) is 63.5 Å². The summed E-state index contributed by atoms with van der Waals surface area (Å²) in [5.41, 5.74) is 3.28. The molecule has 0 aromatic carbocycles. The number of hydrogen-bond donors (Lipinski definition) is 16. The second kappa shape index (κ2) is 58.8. The first-order chi connectivity index (χ1) is 46.8. The van der Waals surface area contributed by atoms with Crippen LogP contribution in [0.4, 0.5) is 0 Å². The zero-order valence-corrected chi connectivity index (χ0v) is 58.5. The molecule has 0 aliphatic carbocycles. The van der Waals surface area contributed by atoms with Crippen molar-refractivity contribution >= 4 is 89.7 Å². The monoisotopic (exact) mass is 1520 g/mol. The van der Waals surface area contributed by atoms with Gasteiger partial charge in [-0.1, -0.05) is 77.0 Å². The predicted molar refractivity (Wildman–Crippen MR) is 346 cm³/mol. The van der Waals surface area contributed by atoms with Gasteiger partial charge in [-0.3, -0.25) is 33.6 Å². The van der Waals surface area contributed by atoms with Crippen molar-refractivity contribution in [2.24, 2.45) is 4.99 Å². The van der Waals surface area contributed by atoms with Gasteiger partial charge < -0.3 is 71.1 Å². The summed E-state index contributed by atoms with van der Waals surface area (Å²) in [5, 5.41) is 76.8. The van der Waals surface area contributed by atoms with Gasteiger partial charge in [-0.15, -0.1) is 0 Å². The van der Waals surface area contributed by atoms with E-state index >= 15 is 0 Å². The van der Waals surface area contributed by atoms with Gasteiger partial charge in [0.1, 0.15) is 31.3 Å². The number of ether oxygens (including phenoxy) is 4. The molecule has 9 amide bonds. The van der Waals surface area contributed by atoms with Crippen molar-refractivity contribution < 1.29 is 144 Å². The number of carboxylic acids is 5. The van der Waals surface area contributed by atoms with E-state index in [1.165, 1.54) is 25.7 Å². The molecule has 35 nitrogen and oxygen atoms in total. The van der Waals surface area contributed by atoms with Crippen LogP contribution in [0.3, 0.4) is 0 Å². The molecule has 0 aromatic heterocycles. The molecule has 0 aliphatic heterocycles. The zero-order chi connectivity index (χ0) is 73.3. The third-order valence-corrected chi connectivity index (χ3v) is 16.1. The van der Waals surface area contributed by atoms with Gasteiger partial charge in [0.05, 0.1) is 39.6 Å². The first kappa shape index (κ1) is 90.9. The Morgan fingerprint density at radius 2 is 0.755 bits per heavy atom. The fraction of sp³-hybridized carbons (Fsp3) is 0.758. The van der Waals surface area contributed by atoms with Crippen LogP contribution in [0, 0.1) is 0 Å². The Bertz CT molecular complexity index is 2430. The molecule has 0 aliphatic rings. The summed E-state index contributed by atoms with van der Waals surface area (Å²) in [6.07, 6.45) is 11.9. The van der Waals surface area contributed by atoms with Gasteiger partial charge in [-0.2, -0.15) is 0 Å². The summed E-state index contributed by atoms with van der Waals surface area (Å²) in [6.45, 7) is 2.68. The Kier molecular flexibility index (Phi) is 54.6. The van der Waals surface area contributed by atoms with Crippen molar-refractivity contribution in [1.82, 2.24) is 46.1 Å². The van der Waals surface area contributed by atoms with Crippen LogP contribution in [0.15, 0.2) is 4.99 Å². The second-order valence-corrected chi connectivity index (χ2v) is 24.7. The van der Waals surface area contributed by atoms with Crippen molar-refractivity contribution in [3.8, 4) is 0 Å². The third kappa shape index (κ3) is 51.1. The number of carboxylic acid groups (broad SMARTS) is 5. The molecule has 0 saturated heterocycles. The summed E-state index contributed by atoms with van der Waals surface area (Å²) in [4.78, 5) is 175. The Balaban J connectivity index is 4.23. The minimum absolute atomic E-state index is 0.00372. The average Bonchev–Trinajstić information content (AvgIpc) is 0.939. The van der Waals surface area contributed by atoms with E-state index in [0.29, 0.717) is 25.7 Å². The number of carbonyl (C=O) groups excluding carboxylic acids is 9. The summed E-state index contributed by atoms with van der Waals surface area (Å²) in [7, 11) is 0. The molecule has 7 unspecified atom stereocenters. The van der Waals surface area contributed by atoms with Crippen LogP contribution in [0.5, 0.6) is 0 Å². The number of quaternary nitrogens is 1. The van der Waals surface area contributed by atoms with Crippen LogP contribution in [0.1, 0.15) is 173 Å². The molecule has 36 heteroatoms. The van der Waals surface area contributed by atoms with E-state index in [1.807, 2.05) is 4.93 Å². The fourth-order valence-corrected chi connectivity index (χ4v) is 10.7. The number of unbranched alkanes of at least 4 members (excludes halogenated alkanes) is 14. The number of nitrogens with zero attached hydrogens (tertiary/aromatic N) is 1. The Hall–Kier alpha value is -7.10. The molecule has 0 saturated carbocycles. The number of aliphatic carboxylic acids is 5. The Morgan fingerprint density at radius 3 is 1.15 bits per heavy atom. The van der Waals surface area contributed by atoms with Gasteiger partial charge >= 0.3 is 200 Å². The van der Waals surface area contributed by atoms with Crippen LogP contribution in [0.2, 0.25) is 0 Å². The van der Waals surface area contributed by atoms with Crippen LogP contribution >= 0.6 is 0 Å². The second-order valence-electron chi connectivity index (χ2n) is 23.0. The van der Waals surface area contributed by atoms with Crippen LogP contribution in [-0.2, 0) is 86.1 Å². The van der Waals surface area contributed by atoms with Gasteiger partial charge in [0.25, 0.3) is 0 Å². The summed E-state index contributed by atoms with van der Waals surface area (Å²) < 4.78 is 24.3. The molecule has 0 rings (SSSR count). The Morgan fingerprint density at radius 1 is 0.398 bits per heavy atom. The number of halogens is 1. The molecular weight excluding hydrogens is 1410 g/mol. The van der Waals surface area contributed by atoms with Gasteiger partial charge in [0.2, 0.25) is 35.4 Å². The fourth-order valence-electron chi connectivity index (χ4n) is 9.32. The van der Waals surface area contributed by atoms with Crippen LogP contribution in [0.25, 0.3) is 0 Å². The number of amides is 9. The number of alkyl halides is 1. The van der Waals surface area contributed by atoms with E-state index in [1.54, 1.807) is 0 Å². The third-order valence-electron chi connectivity index (χ3n) is 14.7. The van der Waals surface area contributed by atoms with Crippen molar-refractivity contribution in [2.75, 3.05) is 84.0 Å². The number of aliphatic imine (C=N–C) groups is 1. The van der Waals surface area contributed by atoms with E-state index in [4.69, 9.17) is 24.1 Å². The molecule has 98 heavy (non-hydrogen) atoms. The van der Waals surface area contributed by atoms with Crippen LogP contribution < -0.4 is 73.3 Å². The molecule has 0 spiro atoms. The predicted octanol–water partition coefficient (Wildman–Crippen LogP) is -4.80. The zero-order valence-electron chi connectivity index (χ0n) is 56.4. The standard InChI is InChI=1S/C62H107IN11O24/c1-63-74-42(58(86)73-56(57(64)85)47(75)39-65-2)19-17-18-30-66-48(76)26-22-43(59(87)88)70-52(80)29-25-46(62(93)94)72-54(82)41-98-38-36-96-34-32-68-53(81)40-97-37-35-95-33-31-67-49(77)27-23-44(60(89)90)71-51(79)28-24-45(61(91)92)69-50(78)20-15-13-11-9-7-5-3-4-6-8-10-12-14-16-21-55(83)84/h42-47,56,74-75H,2-41H2,1H3,(H2,64,85)(H,66,76)(H,67,77)(H,68,81)(H,69,78)(H,70,80)(H,71,79)(H,72,82)(H,73,86)(H,83,84)(H,87,88)(H,89,90)(H,91,92)(H,93,94)/q-1/p+1. The molecule has 0 aromatic rings. The molecular formula is C62H108IN11O24. The van der Waals surface area contributed by atoms with Crippen molar-refractivity contribution in [3.63, 3.8) is 0 Å². The summed E-state index contributed by atoms with van der Waals surface area (Å²) in [6, 6.07) is -7.75. The number of aliphatic hydroxyl groups is 1. The first-order valence-corrected chi connectivity index (χ1v) is 36.5. The van der Waals surface area contributed by atoms with E-state index in [9.17, 15) is 92.7 Å². The Labute approximate surface area is 581 Å². The van der Waals surface area contributed by atoms with Crippen LogP contribution in [-0.4, -0.2) is 247 Å². The van der Waals surface area contributed by atoms with Gasteiger partial charge in [0.15, 0.2) is 0 Å². The topological polar surface area (TPSA) is 546 Å². The molecule has 18 N–H and O–H groups in total. The van der Waals surface area contributed by atoms with E-state index < -0.39 is 166 Å². The first-order valence-electron chi connectivity index (χ1n) is 33.2. The SMILES string of the molecule is C=NCC(O)C(NC(=O)C(CCCCNC(=O)CCC(NC(=O)CCC(NC(=O)COCCOCCNC(=O)COCCOCCNC(=O)CCC(NC(=O)CCC(NC(=O)CCCCCCCCCCCCCCCCC(=O)O)C(=O)O)C(=O)O)C(=O)O)C(=O)O)N[I-]C)C([NH3+])=O. The van der Waals surface area contributed by atoms with Gasteiger partial charge in [-0.05, 0) is 32.1 Å². The minimum atomic E-state index is -1.53. The molecule has 0 bridgehead atoms. The van der Waals surface area contributed by atoms with Crippen molar-refractivity contribution in [1.29, 1.82) is 0 Å². The number of rotatable bonds is 66. The summed E-state index contributed by atoms with van der Waals surface area (Å²) in [5.74, 6) is -12.0. The normalized spacial score (nSPS) is 13.2. The van der Waals surface area contributed by atoms with E-state index in [-0.39, 0.29) is 124 Å².